The number of likely N-dealkylation sites (tertiary alicyclic amines) is 1. The van der Waals surface area contributed by atoms with Gasteiger partial charge in [-0.05, 0) is 67.5 Å². The first-order valence-corrected chi connectivity index (χ1v) is 12.6. The van der Waals surface area contributed by atoms with Crippen LogP contribution in [0.2, 0.25) is 0 Å². The zero-order chi connectivity index (χ0) is 23.8. The molecule has 2 fully saturated rings. The number of hydrogen-bond donors (Lipinski definition) is 0. The fourth-order valence-electron chi connectivity index (χ4n) is 5.10. The fourth-order valence-corrected chi connectivity index (χ4v) is 5.10. The average molecular weight is 467 g/mol. The minimum absolute atomic E-state index is 0.286. The molecule has 2 aromatic carbocycles. The van der Waals surface area contributed by atoms with Gasteiger partial charge in [0.2, 0.25) is 5.91 Å². The number of nitrogens with zero attached hydrogens (tertiary/aromatic N) is 4. The summed E-state index contributed by atoms with van der Waals surface area (Å²) in [5.74, 6) is 2.88. The van der Waals surface area contributed by atoms with Gasteiger partial charge >= 0.3 is 0 Å². The highest BCUT2D eigenvalue weighted by Gasteiger charge is 2.36. The molecule has 4 aromatic rings. The molecule has 178 valence electrons. The van der Waals surface area contributed by atoms with Crippen LogP contribution in [0.4, 0.5) is 0 Å². The fraction of sp³-hybridized carbons (Fsp3) is 0.345. The van der Waals surface area contributed by atoms with E-state index in [-0.39, 0.29) is 5.92 Å². The molecule has 0 bridgehead atoms. The lowest BCUT2D eigenvalue weighted by molar-refractivity contribution is -0.131. The maximum atomic E-state index is 12.5. The summed E-state index contributed by atoms with van der Waals surface area (Å²) in [6.07, 6.45) is 4.98. The standard InChI is InChI=1S/C29H30N4O2/c1-2-35-25-13-11-22(12-14-25)21-5-7-23(8-6-21)27-31-26-4-3-16-30-28(26)33(27)19-20-15-17-32(18-20)29(34)24-9-10-24/h3-8,11-14,16,20,24H,2,9-10,15,17-19H2,1H3. The van der Waals surface area contributed by atoms with Gasteiger partial charge in [-0.1, -0.05) is 36.4 Å². The van der Waals surface area contributed by atoms with Gasteiger partial charge in [0.15, 0.2) is 5.65 Å². The monoisotopic (exact) mass is 466 g/mol. The highest BCUT2D eigenvalue weighted by molar-refractivity contribution is 5.81. The van der Waals surface area contributed by atoms with E-state index in [0.717, 1.165) is 78.3 Å². The number of carbonyl (C=O) groups excluding carboxylic acids is 1. The molecule has 1 atom stereocenters. The van der Waals surface area contributed by atoms with Crippen LogP contribution in [0.25, 0.3) is 33.7 Å². The second-order valence-corrected chi connectivity index (χ2v) is 9.64. The van der Waals surface area contributed by atoms with E-state index in [1.807, 2.05) is 37.4 Å². The van der Waals surface area contributed by atoms with Gasteiger partial charge in [-0.15, -0.1) is 0 Å². The van der Waals surface area contributed by atoms with E-state index in [1.54, 1.807) is 0 Å². The highest BCUT2D eigenvalue weighted by atomic mass is 16.5. The van der Waals surface area contributed by atoms with Crippen LogP contribution < -0.4 is 4.74 Å². The van der Waals surface area contributed by atoms with Crippen molar-refractivity contribution in [1.82, 2.24) is 19.4 Å². The van der Waals surface area contributed by atoms with E-state index in [2.05, 4.69) is 50.8 Å². The molecule has 6 rings (SSSR count). The molecular weight excluding hydrogens is 436 g/mol. The number of pyridine rings is 1. The summed E-state index contributed by atoms with van der Waals surface area (Å²) < 4.78 is 7.81. The molecule has 1 aliphatic heterocycles. The minimum atomic E-state index is 0.286. The molecule has 1 aliphatic carbocycles. The highest BCUT2D eigenvalue weighted by Crippen LogP contribution is 2.34. The predicted molar refractivity (Wildman–Crippen MR) is 137 cm³/mol. The van der Waals surface area contributed by atoms with Gasteiger partial charge in [0.05, 0.1) is 6.61 Å². The van der Waals surface area contributed by atoms with Crippen molar-refractivity contribution in [2.45, 2.75) is 32.7 Å². The quantitative estimate of drug-likeness (QED) is 0.365. The van der Waals surface area contributed by atoms with E-state index in [9.17, 15) is 4.79 Å². The van der Waals surface area contributed by atoms with Crippen LogP contribution in [-0.4, -0.2) is 45.0 Å². The van der Waals surface area contributed by atoms with Crippen molar-refractivity contribution < 1.29 is 9.53 Å². The molecule has 6 nitrogen and oxygen atoms in total. The maximum absolute atomic E-state index is 12.5. The first kappa shape index (κ1) is 21.8. The predicted octanol–water partition coefficient (Wildman–Crippen LogP) is 5.42. The average Bonchev–Trinajstić information content (AvgIpc) is 3.54. The molecule has 1 saturated carbocycles. The van der Waals surface area contributed by atoms with Gasteiger partial charge in [-0.2, -0.15) is 0 Å². The van der Waals surface area contributed by atoms with Gasteiger partial charge in [-0.25, -0.2) is 9.97 Å². The minimum Gasteiger partial charge on any atom is -0.494 e. The number of amides is 1. The van der Waals surface area contributed by atoms with Crippen molar-refractivity contribution in [3.63, 3.8) is 0 Å². The smallest absolute Gasteiger partial charge is 0.225 e. The second-order valence-electron chi connectivity index (χ2n) is 9.64. The number of aromatic nitrogens is 3. The molecule has 0 N–H and O–H groups in total. The van der Waals surface area contributed by atoms with Crippen LogP contribution in [0.3, 0.4) is 0 Å². The summed E-state index contributed by atoms with van der Waals surface area (Å²) in [6.45, 7) is 5.17. The van der Waals surface area contributed by atoms with Crippen LogP contribution in [0.15, 0.2) is 66.9 Å². The van der Waals surface area contributed by atoms with Crippen molar-refractivity contribution in [1.29, 1.82) is 0 Å². The topological polar surface area (TPSA) is 60.3 Å². The molecule has 1 saturated heterocycles. The Bertz CT molecular complexity index is 1340. The lowest BCUT2D eigenvalue weighted by Gasteiger charge is -2.17. The Morgan fingerprint density at radius 1 is 0.971 bits per heavy atom. The number of hydrogen-bond acceptors (Lipinski definition) is 4. The number of ether oxygens (including phenoxy) is 1. The molecular formula is C29H30N4O2. The Kier molecular flexibility index (Phi) is 5.72. The summed E-state index contributed by atoms with van der Waals surface area (Å²) in [4.78, 5) is 24.2. The Hall–Kier alpha value is -3.67. The van der Waals surface area contributed by atoms with Crippen LogP contribution in [-0.2, 0) is 11.3 Å². The van der Waals surface area contributed by atoms with Gasteiger partial charge < -0.3 is 14.2 Å². The Labute approximate surface area is 205 Å². The molecule has 6 heteroatoms. The normalized spacial score (nSPS) is 17.7. The zero-order valence-electron chi connectivity index (χ0n) is 20.1. The third kappa shape index (κ3) is 4.41. The van der Waals surface area contributed by atoms with Gasteiger partial charge in [-0.3, -0.25) is 4.79 Å². The first-order chi connectivity index (χ1) is 17.2. The summed E-state index contributed by atoms with van der Waals surface area (Å²) in [7, 11) is 0. The molecule has 1 amide bonds. The van der Waals surface area contributed by atoms with E-state index in [1.165, 1.54) is 0 Å². The number of fused-ring (bicyclic) bond motifs is 1. The molecule has 1 unspecified atom stereocenters. The number of imidazole rings is 1. The Morgan fingerprint density at radius 2 is 1.69 bits per heavy atom. The van der Waals surface area contributed by atoms with E-state index in [4.69, 9.17) is 9.72 Å². The molecule has 2 aliphatic rings. The number of rotatable bonds is 7. The molecule has 2 aromatic heterocycles. The van der Waals surface area contributed by atoms with Crippen molar-refractivity contribution >= 4 is 17.1 Å². The van der Waals surface area contributed by atoms with Gasteiger partial charge in [0.1, 0.15) is 17.1 Å². The first-order valence-electron chi connectivity index (χ1n) is 12.6. The summed E-state index contributed by atoms with van der Waals surface area (Å²) in [5.41, 5.74) is 5.19. The van der Waals surface area contributed by atoms with Crippen molar-refractivity contribution in [2.24, 2.45) is 11.8 Å². The van der Waals surface area contributed by atoms with Crippen LogP contribution in [0.5, 0.6) is 5.75 Å². The second kappa shape index (κ2) is 9.17. The summed E-state index contributed by atoms with van der Waals surface area (Å²) in [6, 6.07) is 20.7. The van der Waals surface area contributed by atoms with Crippen molar-refractivity contribution in [2.75, 3.05) is 19.7 Å². The van der Waals surface area contributed by atoms with Gasteiger partial charge in [0, 0.05) is 37.3 Å². The molecule has 0 radical (unpaired) electrons. The van der Waals surface area contributed by atoms with E-state index < -0.39 is 0 Å². The summed E-state index contributed by atoms with van der Waals surface area (Å²) in [5, 5.41) is 0. The molecule has 0 spiro atoms. The van der Waals surface area contributed by atoms with Crippen molar-refractivity contribution in [3.8, 4) is 28.3 Å². The van der Waals surface area contributed by atoms with Crippen LogP contribution in [0, 0.1) is 11.8 Å². The van der Waals surface area contributed by atoms with Gasteiger partial charge in [0.25, 0.3) is 0 Å². The third-order valence-electron chi connectivity index (χ3n) is 7.11. The van der Waals surface area contributed by atoms with Crippen LogP contribution in [0.1, 0.15) is 26.2 Å². The lowest BCUT2D eigenvalue weighted by Crippen LogP contribution is -2.30. The van der Waals surface area contributed by atoms with E-state index in [0.29, 0.717) is 18.4 Å². The Morgan fingerprint density at radius 3 is 2.40 bits per heavy atom. The number of carbonyl (C=O) groups is 1. The lowest BCUT2D eigenvalue weighted by atomic mass is 10.0. The molecule has 35 heavy (non-hydrogen) atoms. The van der Waals surface area contributed by atoms with E-state index >= 15 is 0 Å². The van der Waals surface area contributed by atoms with Crippen molar-refractivity contribution in [3.05, 3.63) is 66.9 Å². The zero-order valence-corrected chi connectivity index (χ0v) is 20.1. The maximum Gasteiger partial charge on any atom is 0.225 e. The SMILES string of the molecule is CCOc1ccc(-c2ccc(-c3nc4cccnc4n3CC3CCN(C(=O)C4CC4)C3)cc2)cc1. The molecule has 3 heterocycles. The van der Waals surface area contributed by atoms with Crippen LogP contribution >= 0.6 is 0 Å². The Balaban J connectivity index is 1.26. The third-order valence-corrected chi connectivity index (χ3v) is 7.11. The number of benzene rings is 2. The summed E-state index contributed by atoms with van der Waals surface area (Å²) >= 11 is 0. The largest absolute Gasteiger partial charge is 0.494 e.